The first-order valence-corrected chi connectivity index (χ1v) is 13.2. The fraction of sp³-hybridized carbons (Fsp3) is 0.357. The van der Waals surface area contributed by atoms with Crippen LogP contribution in [-0.4, -0.2) is 52.9 Å². The Balaban J connectivity index is 1.15. The minimum Gasteiger partial charge on any atom is -0.342 e. The number of rotatable bonds is 6. The number of fused-ring (bicyclic) bond motifs is 2. The summed E-state index contributed by atoms with van der Waals surface area (Å²) in [6, 6.07) is 12.9. The molecule has 4 heterocycles. The maximum atomic E-state index is 4.96. The summed E-state index contributed by atoms with van der Waals surface area (Å²) in [4.78, 5) is 15.8. The molecule has 1 unspecified atom stereocenters. The molecule has 188 valence electrons. The van der Waals surface area contributed by atoms with Gasteiger partial charge < -0.3 is 10.3 Å². The van der Waals surface area contributed by atoms with Crippen LogP contribution in [-0.2, 0) is 13.5 Å². The first kappa shape index (κ1) is 22.2. The van der Waals surface area contributed by atoms with E-state index in [1.165, 1.54) is 35.2 Å². The Kier molecular flexibility index (Phi) is 5.14. The number of likely N-dealkylation sites (N-methyl/N-ethyl adjacent to an activating group) is 1. The maximum Gasteiger partial charge on any atom is 0.225 e. The third-order valence-corrected chi connectivity index (χ3v) is 7.89. The first-order chi connectivity index (χ1) is 18.1. The van der Waals surface area contributed by atoms with E-state index < -0.39 is 0 Å². The fourth-order valence-electron chi connectivity index (χ4n) is 5.62. The van der Waals surface area contributed by atoms with Crippen molar-refractivity contribution in [2.45, 2.75) is 45.1 Å². The van der Waals surface area contributed by atoms with Gasteiger partial charge in [0.05, 0.1) is 23.4 Å². The molecular formula is C28H31N9. The summed E-state index contributed by atoms with van der Waals surface area (Å²) in [6.45, 7) is 6.58. The van der Waals surface area contributed by atoms with E-state index >= 15 is 0 Å². The Morgan fingerprint density at radius 3 is 2.65 bits per heavy atom. The van der Waals surface area contributed by atoms with Crippen LogP contribution in [0, 0.1) is 0 Å². The number of nitrogens with zero attached hydrogens (tertiary/aromatic N) is 6. The van der Waals surface area contributed by atoms with E-state index in [-0.39, 0.29) is 0 Å². The summed E-state index contributed by atoms with van der Waals surface area (Å²) in [6.07, 6.45) is 5.36. The molecular weight excluding hydrogens is 462 g/mol. The standard InChI is InChI=1S/C28H31N9/c1-4-37-14-13-23-25(16(37)2)32-26(30-23)18-7-9-19(10-8-18)27-33-28(36(3)35-27)31-22-12-11-21-20(15-29-34-21)24(22)17-5-6-17/h7-12,15-17H,4-6,13-14H2,1-3H3,(H,29,34)(H,30,32)(H,31,33,35). The van der Waals surface area contributed by atoms with Crippen molar-refractivity contribution < 1.29 is 0 Å². The van der Waals surface area contributed by atoms with E-state index in [0.29, 0.717) is 17.8 Å². The van der Waals surface area contributed by atoms with Crippen LogP contribution >= 0.6 is 0 Å². The van der Waals surface area contributed by atoms with Crippen LogP contribution in [0.25, 0.3) is 33.7 Å². The molecule has 7 rings (SSSR count). The van der Waals surface area contributed by atoms with Crippen LogP contribution in [0.15, 0.2) is 42.6 Å². The molecule has 3 N–H and O–H groups in total. The predicted octanol–water partition coefficient (Wildman–Crippen LogP) is 5.31. The first-order valence-electron chi connectivity index (χ1n) is 13.2. The van der Waals surface area contributed by atoms with Gasteiger partial charge in [0.2, 0.25) is 5.95 Å². The van der Waals surface area contributed by atoms with Gasteiger partial charge in [-0.05, 0) is 49.9 Å². The second kappa shape index (κ2) is 8.55. The normalized spacial score (nSPS) is 17.9. The Morgan fingerprint density at radius 2 is 1.86 bits per heavy atom. The molecule has 1 fully saturated rings. The van der Waals surface area contributed by atoms with Crippen LogP contribution in [0.5, 0.6) is 0 Å². The van der Waals surface area contributed by atoms with Gasteiger partial charge >= 0.3 is 0 Å². The van der Waals surface area contributed by atoms with Gasteiger partial charge in [0.1, 0.15) is 5.82 Å². The lowest BCUT2D eigenvalue weighted by Gasteiger charge is -2.31. The number of imidazole rings is 1. The molecule has 0 radical (unpaired) electrons. The van der Waals surface area contributed by atoms with Crippen molar-refractivity contribution in [3.63, 3.8) is 0 Å². The van der Waals surface area contributed by atoms with Gasteiger partial charge in [0, 0.05) is 47.9 Å². The molecule has 1 saturated carbocycles. The molecule has 9 nitrogen and oxygen atoms in total. The number of aromatic nitrogens is 7. The molecule has 2 aliphatic rings. The molecule has 2 aromatic carbocycles. The predicted molar refractivity (Wildman–Crippen MR) is 145 cm³/mol. The number of benzene rings is 2. The SMILES string of the molecule is CCN1CCc2[nH]c(-c3ccc(-c4nc(Nc5ccc6[nH]ncc6c5C5CC5)n(C)n4)cc3)nc2C1C. The zero-order chi connectivity index (χ0) is 25.1. The number of nitrogens with one attached hydrogen (secondary N) is 3. The highest BCUT2D eigenvalue weighted by atomic mass is 15.4. The molecule has 0 saturated heterocycles. The fourth-order valence-corrected chi connectivity index (χ4v) is 5.62. The van der Waals surface area contributed by atoms with Crippen molar-refractivity contribution in [2.24, 2.45) is 7.05 Å². The van der Waals surface area contributed by atoms with Crippen molar-refractivity contribution >= 4 is 22.5 Å². The van der Waals surface area contributed by atoms with Crippen molar-refractivity contribution in [2.75, 3.05) is 18.4 Å². The van der Waals surface area contributed by atoms with Gasteiger partial charge in [-0.1, -0.05) is 31.2 Å². The van der Waals surface area contributed by atoms with Gasteiger partial charge in [0.15, 0.2) is 5.82 Å². The van der Waals surface area contributed by atoms with Crippen LogP contribution in [0.1, 0.15) is 55.6 Å². The van der Waals surface area contributed by atoms with Gasteiger partial charge in [-0.2, -0.15) is 10.1 Å². The van der Waals surface area contributed by atoms with E-state index in [9.17, 15) is 0 Å². The van der Waals surface area contributed by atoms with E-state index in [1.54, 1.807) is 4.68 Å². The number of hydrogen-bond donors (Lipinski definition) is 3. The second-order valence-electron chi connectivity index (χ2n) is 10.2. The van der Waals surface area contributed by atoms with E-state index in [1.807, 2.05) is 13.2 Å². The van der Waals surface area contributed by atoms with Gasteiger partial charge in [-0.25, -0.2) is 9.67 Å². The molecule has 0 bridgehead atoms. The van der Waals surface area contributed by atoms with Gasteiger partial charge in [-0.3, -0.25) is 10.00 Å². The number of hydrogen-bond acceptors (Lipinski definition) is 6. The molecule has 0 amide bonds. The van der Waals surface area contributed by atoms with Crippen molar-refractivity contribution in [3.05, 3.63) is 59.5 Å². The molecule has 37 heavy (non-hydrogen) atoms. The van der Waals surface area contributed by atoms with Crippen molar-refractivity contribution in [1.82, 2.24) is 39.8 Å². The molecule has 5 aromatic rings. The lowest BCUT2D eigenvalue weighted by Crippen LogP contribution is -2.33. The number of H-pyrrole nitrogens is 2. The van der Waals surface area contributed by atoms with Crippen molar-refractivity contribution in [3.8, 4) is 22.8 Å². The number of anilines is 2. The summed E-state index contributed by atoms with van der Waals surface area (Å²) in [7, 11) is 1.93. The smallest absolute Gasteiger partial charge is 0.225 e. The summed E-state index contributed by atoms with van der Waals surface area (Å²) in [5, 5.41) is 16.8. The summed E-state index contributed by atoms with van der Waals surface area (Å²) in [5.41, 5.74) is 7.95. The largest absolute Gasteiger partial charge is 0.342 e. The highest BCUT2D eigenvalue weighted by Gasteiger charge is 2.29. The maximum absolute atomic E-state index is 4.96. The molecule has 0 spiro atoms. The van der Waals surface area contributed by atoms with E-state index in [2.05, 4.69) is 75.6 Å². The quantitative estimate of drug-likeness (QED) is 0.296. The minimum absolute atomic E-state index is 0.344. The number of aryl methyl sites for hydroxylation is 1. The highest BCUT2D eigenvalue weighted by molar-refractivity contribution is 5.89. The van der Waals surface area contributed by atoms with Crippen LogP contribution in [0.3, 0.4) is 0 Å². The molecule has 3 aromatic heterocycles. The number of aromatic amines is 2. The summed E-state index contributed by atoms with van der Waals surface area (Å²) in [5.74, 6) is 2.92. The summed E-state index contributed by atoms with van der Waals surface area (Å²) < 4.78 is 1.81. The average Bonchev–Trinajstić information content (AvgIpc) is 3.30. The van der Waals surface area contributed by atoms with Gasteiger partial charge in [0.25, 0.3) is 0 Å². The second-order valence-corrected chi connectivity index (χ2v) is 10.2. The Labute approximate surface area is 215 Å². The minimum atomic E-state index is 0.344. The van der Waals surface area contributed by atoms with Crippen LogP contribution in [0.4, 0.5) is 11.6 Å². The Bertz CT molecular complexity index is 1590. The van der Waals surface area contributed by atoms with E-state index in [4.69, 9.17) is 15.1 Å². The van der Waals surface area contributed by atoms with Crippen LogP contribution in [0.2, 0.25) is 0 Å². The van der Waals surface area contributed by atoms with Crippen molar-refractivity contribution in [1.29, 1.82) is 0 Å². The zero-order valence-electron chi connectivity index (χ0n) is 21.4. The monoisotopic (exact) mass is 493 g/mol. The highest BCUT2D eigenvalue weighted by Crippen LogP contribution is 2.47. The Hall–Kier alpha value is -3.98. The van der Waals surface area contributed by atoms with Gasteiger partial charge in [-0.15, -0.1) is 5.10 Å². The molecule has 1 aliphatic carbocycles. The topological polar surface area (TPSA) is 103 Å². The lowest BCUT2D eigenvalue weighted by molar-refractivity contribution is 0.205. The molecule has 1 atom stereocenters. The third-order valence-electron chi connectivity index (χ3n) is 7.89. The van der Waals surface area contributed by atoms with Crippen LogP contribution < -0.4 is 5.32 Å². The average molecular weight is 494 g/mol. The lowest BCUT2D eigenvalue weighted by atomic mass is 10.0. The Morgan fingerprint density at radius 1 is 1.05 bits per heavy atom. The third kappa shape index (κ3) is 3.81. The molecule has 9 heteroatoms. The zero-order valence-corrected chi connectivity index (χ0v) is 21.4. The van der Waals surface area contributed by atoms with E-state index in [0.717, 1.165) is 53.6 Å². The molecule has 1 aliphatic heterocycles. The summed E-state index contributed by atoms with van der Waals surface area (Å²) >= 11 is 0.